The lowest BCUT2D eigenvalue weighted by molar-refractivity contribution is 0.451. The smallest absolute Gasteiger partial charge is 0.184 e. The van der Waals surface area contributed by atoms with E-state index in [-0.39, 0.29) is 5.38 Å². The van der Waals surface area contributed by atoms with Gasteiger partial charge in [-0.25, -0.2) is 9.67 Å². The van der Waals surface area contributed by atoms with Gasteiger partial charge in [-0.1, -0.05) is 164 Å². The fourth-order valence-corrected chi connectivity index (χ4v) is 7.71. The Bertz CT molecular complexity index is 2090. The average Bonchev–Trinajstić information content (AvgIpc) is 3.65. The van der Waals surface area contributed by atoms with Gasteiger partial charge in [-0.05, 0) is 80.8 Å². The monoisotopic (exact) mass is 693 g/mol. The maximum Gasteiger partial charge on any atom is 0.184 e. The molecule has 0 radical (unpaired) electrons. The predicted octanol–water partition coefficient (Wildman–Crippen LogP) is 10.9. The molecular weight excluding hydrogens is 657 g/mol. The Morgan fingerprint density at radius 3 is 1.80 bits per heavy atom. The number of aromatic nitrogens is 5. The van der Waals surface area contributed by atoms with Gasteiger partial charge >= 0.3 is 0 Å². The van der Waals surface area contributed by atoms with Gasteiger partial charge in [0.2, 0.25) is 0 Å². The molecule has 7 heteroatoms. The highest BCUT2D eigenvalue weighted by Gasteiger charge is 2.42. The van der Waals surface area contributed by atoms with Crippen LogP contribution in [0, 0.1) is 6.92 Å². The molecule has 50 heavy (non-hydrogen) atoms. The third-order valence-electron chi connectivity index (χ3n) is 9.38. The molecule has 7 aromatic rings. The van der Waals surface area contributed by atoms with Crippen molar-refractivity contribution >= 4 is 23.2 Å². The third-order valence-corrected chi connectivity index (χ3v) is 10.0. The summed E-state index contributed by atoms with van der Waals surface area (Å²) < 4.78 is 1.98. The number of halogens is 2. The number of hydrogen-bond donors (Lipinski definition) is 0. The van der Waals surface area contributed by atoms with E-state index in [2.05, 4.69) is 133 Å². The van der Waals surface area contributed by atoms with E-state index >= 15 is 0 Å². The predicted molar refractivity (Wildman–Crippen MR) is 204 cm³/mol. The van der Waals surface area contributed by atoms with Crippen molar-refractivity contribution in [3.63, 3.8) is 0 Å². The van der Waals surface area contributed by atoms with Crippen LogP contribution in [0.5, 0.6) is 0 Å². The summed E-state index contributed by atoms with van der Waals surface area (Å²) in [5.41, 5.74) is 9.30. The van der Waals surface area contributed by atoms with Gasteiger partial charge in [-0.3, -0.25) is 0 Å². The number of hydrogen-bond acceptors (Lipinski definition) is 4. The fraction of sp³-hybridized carbons (Fsp3) is 0.163. The normalized spacial score (nSPS) is 12.2. The minimum Gasteiger partial charge on any atom is -0.241 e. The molecule has 0 spiro atoms. The summed E-state index contributed by atoms with van der Waals surface area (Å²) in [7, 11) is 0. The first kappa shape index (κ1) is 33.4. The number of benzene rings is 5. The molecule has 1 atom stereocenters. The van der Waals surface area contributed by atoms with E-state index in [4.69, 9.17) is 33.5 Å². The van der Waals surface area contributed by atoms with Gasteiger partial charge in [0.1, 0.15) is 10.7 Å². The molecule has 5 nitrogen and oxygen atoms in total. The third kappa shape index (κ3) is 6.24. The lowest BCUT2D eigenvalue weighted by Gasteiger charge is -2.36. The zero-order chi connectivity index (χ0) is 34.5. The summed E-state index contributed by atoms with van der Waals surface area (Å²) in [6.07, 6.45) is 2.94. The Hall–Kier alpha value is -5.10. The first-order chi connectivity index (χ1) is 24.5. The number of tetrazole rings is 1. The van der Waals surface area contributed by atoms with E-state index in [0.717, 1.165) is 75.0 Å². The maximum absolute atomic E-state index is 7.22. The van der Waals surface area contributed by atoms with Crippen LogP contribution in [0.1, 0.15) is 64.2 Å². The highest BCUT2D eigenvalue weighted by molar-refractivity contribution is 6.29. The van der Waals surface area contributed by atoms with Crippen molar-refractivity contribution in [2.24, 2.45) is 0 Å². The Morgan fingerprint density at radius 1 is 0.700 bits per heavy atom. The molecule has 0 bridgehead atoms. The van der Waals surface area contributed by atoms with E-state index in [1.165, 1.54) is 0 Å². The topological polar surface area (TPSA) is 56.5 Å². The number of rotatable bonds is 11. The van der Waals surface area contributed by atoms with Crippen molar-refractivity contribution in [2.45, 2.75) is 44.0 Å². The number of aryl methyl sites for hydroxylation is 2. The molecule has 5 aromatic carbocycles. The maximum atomic E-state index is 7.22. The van der Waals surface area contributed by atoms with Crippen LogP contribution in [0.2, 0.25) is 5.15 Å². The molecule has 0 saturated heterocycles. The second-order valence-corrected chi connectivity index (χ2v) is 13.3. The van der Waals surface area contributed by atoms with Gasteiger partial charge in [0.15, 0.2) is 5.82 Å². The van der Waals surface area contributed by atoms with E-state index in [1.54, 1.807) is 0 Å². The Kier molecular flexibility index (Phi) is 9.88. The zero-order valence-corrected chi connectivity index (χ0v) is 29.6. The van der Waals surface area contributed by atoms with Gasteiger partial charge in [0.25, 0.3) is 0 Å². The lowest BCUT2D eigenvalue weighted by Crippen LogP contribution is -2.39. The first-order valence-electron chi connectivity index (χ1n) is 17.0. The van der Waals surface area contributed by atoms with Crippen LogP contribution in [-0.4, -0.2) is 25.2 Å². The number of pyridine rings is 1. The van der Waals surface area contributed by atoms with Crippen LogP contribution in [0.15, 0.2) is 146 Å². The van der Waals surface area contributed by atoms with E-state index < -0.39 is 5.54 Å². The molecule has 0 aliphatic heterocycles. The van der Waals surface area contributed by atoms with Gasteiger partial charge < -0.3 is 0 Å². The molecule has 7 rings (SSSR count). The Labute approximate surface area is 303 Å². The standard InChI is InChI=1S/C43H37Cl2N5/c1-3-4-24-38-40(30(2)29-39(44)46-38)41(45)32-27-25-31(26-28-32)36-22-14-15-23-37(36)42-47-48-49-50(42)43(33-16-8-5-9-17-33,34-18-10-6-11-19-34)35-20-12-7-13-21-35/h5-23,25-29,41H,3-4,24H2,1-2H3. The van der Waals surface area contributed by atoms with Crippen LogP contribution < -0.4 is 0 Å². The highest BCUT2D eigenvalue weighted by atomic mass is 35.5. The minimum absolute atomic E-state index is 0.355. The summed E-state index contributed by atoms with van der Waals surface area (Å²) in [5, 5.41) is 14.0. The number of alkyl halides is 1. The van der Waals surface area contributed by atoms with Crippen LogP contribution in [0.25, 0.3) is 22.5 Å². The molecule has 2 heterocycles. The molecular formula is C43H37Cl2N5. The molecule has 248 valence electrons. The van der Waals surface area contributed by atoms with Gasteiger partial charge in [-0.2, -0.15) is 0 Å². The van der Waals surface area contributed by atoms with Crippen LogP contribution in [0.4, 0.5) is 0 Å². The van der Waals surface area contributed by atoms with Crippen molar-refractivity contribution in [2.75, 3.05) is 0 Å². The molecule has 0 amide bonds. The summed E-state index contributed by atoms with van der Waals surface area (Å²) in [5.74, 6) is 0.653. The van der Waals surface area contributed by atoms with Crippen molar-refractivity contribution in [1.29, 1.82) is 0 Å². The number of unbranched alkanes of at least 4 members (excludes halogenated alkanes) is 1. The largest absolute Gasteiger partial charge is 0.241 e. The molecule has 0 N–H and O–H groups in total. The van der Waals surface area contributed by atoms with E-state index in [9.17, 15) is 0 Å². The lowest BCUT2D eigenvalue weighted by atomic mass is 9.77. The molecule has 0 fully saturated rings. The first-order valence-corrected chi connectivity index (χ1v) is 17.8. The van der Waals surface area contributed by atoms with Gasteiger partial charge in [0, 0.05) is 11.3 Å². The SMILES string of the molecule is CCCCc1nc(Cl)cc(C)c1C(Cl)c1ccc(-c2ccccc2-c2nnnn2C(c2ccccc2)(c2ccccc2)c2ccccc2)cc1. The van der Waals surface area contributed by atoms with Crippen molar-refractivity contribution in [1.82, 2.24) is 25.2 Å². The fourth-order valence-electron chi connectivity index (χ4n) is 7.00. The minimum atomic E-state index is -0.856. The summed E-state index contributed by atoms with van der Waals surface area (Å²) in [6, 6.07) is 50.0. The van der Waals surface area contributed by atoms with Gasteiger partial charge in [-0.15, -0.1) is 16.7 Å². The van der Waals surface area contributed by atoms with Crippen LogP contribution in [-0.2, 0) is 12.0 Å². The summed E-state index contributed by atoms with van der Waals surface area (Å²) >= 11 is 13.6. The average molecular weight is 695 g/mol. The quantitative estimate of drug-likeness (QED) is 0.0768. The molecule has 0 saturated carbocycles. The van der Waals surface area contributed by atoms with Crippen LogP contribution in [0.3, 0.4) is 0 Å². The Balaban J connectivity index is 1.35. The number of nitrogens with zero attached hydrogens (tertiary/aromatic N) is 5. The van der Waals surface area contributed by atoms with Crippen molar-refractivity contribution in [3.05, 3.63) is 190 Å². The van der Waals surface area contributed by atoms with Crippen LogP contribution >= 0.6 is 23.2 Å². The molecule has 2 aromatic heterocycles. The summed E-state index contributed by atoms with van der Waals surface area (Å²) in [4.78, 5) is 4.68. The second-order valence-electron chi connectivity index (χ2n) is 12.5. The zero-order valence-electron chi connectivity index (χ0n) is 28.0. The molecule has 0 aliphatic rings. The van der Waals surface area contributed by atoms with E-state index in [1.807, 2.05) is 41.1 Å². The van der Waals surface area contributed by atoms with Crippen molar-refractivity contribution < 1.29 is 0 Å². The summed E-state index contributed by atoms with van der Waals surface area (Å²) in [6.45, 7) is 4.23. The second kappa shape index (κ2) is 14.8. The van der Waals surface area contributed by atoms with E-state index in [0.29, 0.717) is 11.0 Å². The highest BCUT2D eigenvalue weighted by Crippen LogP contribution is 2.44. The Morgan fingerprint density at radius 2 is 1.24 bits per heavy atom. The van der Waals surface area contributed by atoms with Gasteiger partial charge in [0.05, 0.1) is 5.38 Å². The van der Waals surface area contributed by atoms with Crippen molar-refractivity contribution in [3.8, 4) is 22.5 Å². The molecule has 0 aliphatic carbocycles. The molecule has 1 unspecified atom stereocenters.